The first kappa shape index (κ1) is 21.1. The highest BCUT2D eigenvalue weighted by atomic mass is 79.9. The van der Waals surface area contributed by atoms with Crippen molar-refractivity contribution in [2.45, 2.75) is 6.04 Å². The van der Waals surface area contributed by atoms with Crippen molar-refractivity contribution in [3.8, 4) is 0 Å². The molecule has 3 aromatic carbocycles. The molecule has 2 heterocycles. The molecule has 33 heavy (non-hydrogen) atoms. The number of allylic oxidation sites excluding steroid dienone is 1. The minimum absolute atomic E-state index is 0.281. The second-order valence-corrected chi connectivity index (χ2v) is 8.41. The van der Waals surface area contributed by atoms with E-state index in [0.717, 1.165) is 15.7 Å². The van der Waals surface area contributed by atoms with Crippen LogP contribution in [0.4, 0.5) is 20.3 Å². The Balaban J connectivity index is 1.56. The smallest absolute Gasteiger partial charge is 0.261 e. The average Bonchev–Trinajstić information content (AvgIpc) is 3.25. The van der Waals surface area contributed by atoms with Crippen LogP contribution in [0, 0.1) is 11.6 Å². The van der Waals surface area contributed by atoms with Crippen molar-refractivity contribution in [2.75, 3.05) is 10.6 Å². The highest BCUT2D eigenvalue weighted by Crippen LogP contribution is 2.36. The molecule has 8 heteroatoms. The van der Waals surface area contributed by atoms with E-state index in [1.165, 1.54) is 36.5 Å². The highest BCUT2D eigenvalue weighted by molar-refractivity contribution is 9.10. The van der Waals surface area contributed by atoms with Crippen LogP contribution in [0.3, 0.4) is 0 Å². The molecule has 0 saturated carbocycles. The molecule has 0 radical (unpaired) electrons. The first-order valence-electron chi connectivity index (χ1n) is 10.1. The number of rotatable bonds is 4. The van der Waals surface area contributed by atoms with Crippen LogP contribution in [0.15, 0.2) is 89.5 Å². The lowest BCUT2D eigenvalue weighted by Crippen LogP contribution is -2.22. The van der Waals surface area contributed by atoms with Gasteiger partial charge in [0, 0.05) is 21.4 Å². The van der Waals surface area contributed by atoms with Gasteiger partial charge in [-0.1, -0.05) is 46.3 Å². The molecule has 0 saturated heterocycles. The Kier molecular flexibility index (Phi) is 5.51. The van der Waals surface area contributed by atoms with E-state index in [4.69, 9.17) is 0 Å². The number of halogens is 3. The molecule has 0 bridgehead atoms. The summed E-state index contributed by atoms with van der Waals surface area (Å²) in [6, 6.07) is 19.1. The number of nitrogens with one attached hydrogen (secondary N) is 2. The van der Waals surface area contributed by atoms with Gasteiger partial charge in [0.25, 0.3) is 5.91 Å². The first-order chi connectivity index (χ1) is 16.0. The van der Waals surface area contributed by atoms with Crippen LogP contribution in [0.25, 0.3) is 5.70 Å². The van der Waals surface area contributed by atoms with Gasteiger partial charge in [-0.2, -0.15) is 5.10 Å². The quantitative estimate of drug-likeness (QED) is 0.344. The fourth-order valence-electron chi connectivity index (χ4n) is 3.73. The Morgan fingerprint density at radius 2 is 1.73 bits per heavy atom. The molecule has 0 aliphatic carbocycles. The minimum Gasteiger partial charge on any atom is -0.339 e. The number of fused-ring (bicyclic) bond motifs is 1. The number of carbonyl (C=O) groups is 1. The third kappa shape index (κ3) is 4.17. The third-order valence-electron chi connectivity index (χ3n) is 5.36. The second-order valence-electron chi connectivity index (χ2n) is 7.49. The normalized spacial score (nSPS) is 14.8. The maximum absolute atomic E-state index is 14.7. The lowest BCUT2D eigenvalue weighted by atomic mass is 10.0. The molecule has 1 atom stereocenters. The molecule has 0 fully saturated rings. The Labute approximate surface area is 196 Å². The second kappa shape index (κ2) is 8.63. The number of amides is 1. The van der Waals surface area contributed by atoms with Crippen LogP contribution < -0.4 is 10.6 Å². The zero-order valence-electron chi connectivity index (χ0n) is 17.1. The molecular weight excluding hydrogens is 490 g/mol. The van der Waals surface area contributed by atoms with Gasteiger partial charge in [-0.3, -0.25) is 4.79 Å². The first-order valence-corrected chi connectivity index (χ1v) is 10.9. The van der Waals surface area contributed by atoms with Crippen LogP contribution in [-0.2, 0) is 0 Å². The predicted molar refractivity (Wildman–Crippen MR) is 127 cm³/mol. The lowest BCUT2D eigenvalue weighted by Gasteiger charge is -2.26. The van der Waals surface area contributed by atoms with E-state index in [0.29, 0.717) is 17.1 Å². The number of hydrogen-bond donors (Lipinski definition) is 2. The molecule has 1 aliphatic rings. The van der Waals surface area contributed by atoms with Gasteiger partial charge in [0.15, 0.2) is 0 Å². The van der Waals surface area contributed by atoms with Crippen LogP contribution in [0.1, 0.15) is 27.5 Å². The average molecular weight is 507 g/mol. The van der Waals surface area contributed by atoms with Gasteiger partial charge in [-0.25, -0.2) is 13.5 Å². The number of aromatic nitrogens is 2. The number of nitrogens with zero attached hydrogens (tertiary/aromatic N) is 2. The molecule has 164 valence electrons. The number of benzene rings is 3. The molecule has 5 rings (SSSR count). The van der Waals surface area contributed by atoms with Crippen LogP contribution in [-0.4, -0.2) is 15.7 Å². The largest absolute Gasteiger partial charge is 0.339 e. The van der Waals surface area contributed by atoms with Crippen molar-refractivity contribution in [3.63, 3.8) is 0 Å². The summed E-state index contributed by atoms with van der Waals surface area (Å²) in [6.07, 6.45) is 3.32. The number of hydrogen-bond acceptors (Lipinski definition) is 3. The maximum atomic E-state index is 14.7. The summed E-state index contributed by atoms with van der Waals surface area (Å²) in [6.45, 7) is 0. The molecular formula is C25H17BrF2N4O. The third-order valence-corrected chi connectivity index (χ3v) is 5.89. The van der Waals surface area contributed by atoms with Gasteiger partial charge < -0.3 is 10.6 Å². The van der Waals surface area contributed by atoms with Crippen molar-refractivity contribution in [3.05, 3.63) is 118 Å². The molecule has 4 aromatic rings. The van der Waals surface area contributed by atoms with E-state index in [1.807, 2.05) is 30.3 Å². The molecule has 0 spiro atoms. The van der Waals surface area contributed by atoms with Crippen molar-refractivity contribution in [1.29, 1.82) is 0 Å². The zero-order chi connectivity index (χ0) is 22.9. The van der Waals surface area contributed by atoms with E-state index in [9.17, 15) is 13.6 Å². The number of anilines is 2. The maximum Gasteiger partial charge on any atom is 0.261 e. The van der Waals surface area contributed by atoms with Gasteiger partial charge in [-0.15, -0.1) is 0 Å². The summed E-state index contributed by atoms with van der Waals surface area (Å²) in [5, 5.41) is 10.4. The Morgan fingerprint density at radius 1 is 1.00 bits per heavy atom. The summed E-state index contributed by atoms with van der Waals surface area (Å²) < 4.78 is 30.5. The molecule has 2 N–H and O–H groups in total. The SMILES string of the molecule is O=C(Nc1ccc(F)cc1)c1cnn2c1NC(c1ccc(Br)cc1)=C[C@@H]2c1ccccc1F. The highest BCUT2D eigenvalue weighted by Gasteiger charge is 2.29. The van der Waals surface area contributed by atoms with Gasteiger partial charge in [0.1, 0.15) is 29.1 Å². The minimum atomic E-state index is -0.562. The standard InChI is InChI=1S/C25H17BrF2N4O/c26-16-7-5-15(6-8-16)22-13-23(19-3-1-2-4-21(19)28)32-24(31-22)20(14-29-32)25(33)30-18-11-9-17(27)10-12-18/h1-14,23,31H,(H,30,33)/t23-/m1/s1. The van der Waals surface area contributed by atoms with Crippen molar-refractivity contribution >= 4 is 39.0 Å². The van der Waals surface area contributed by atoms with Gasteiger partial charge in [0.2, 0.25) is 0 Å². The Hall–Kier alpha value is -3.78. The van der Waals surface area contributed by atoms with Crippen LogP contribution in [0.5, 0.6) is 0 Å². The van der Waals surface area contributed by atoms with Gasteiger partial charge >= 0.3 is 0 Å². The molecule has 1 aromatic heterocycles. The molecule has 5 nitrogen and oxygen atoms in total. The van der Waals surface area contributed by atoms with E-state index >= 15 is 0 Å². The van der Waals surface area contributed by atoms with Gasteiger partial charge in [0.05, 0.1) is 6.20 Å². The fraction of sp³-hybridized carbons (Fsp3) is 0.0400. The number of carbonyl (C=O) groups excluding carboxylic acids is 1. The molecule has 1 aliphatic heterocycles. The Morgan fingerprint density at radius 3 is 2.45 bits per heavy atom. The fourth-order valence-corrected chi connectivity index (χ4v) is 3.99. The van der Waals surface area contributed by atoms with Crippen molar-refractivity contribution < 1.29 is 13.6 Å². The van der Waals surface area contributed by atoms with E-state index in [2.05, 4.69) is 31.7 Å². The van der Waals surface area contributed by atoms with Crippen molar-refractivity contribution in [1.82, 2.24) is 9.78 Å². The van der Waals surface area contributed by atoms with E-state index in [1.54, 1.807) is 22.9 Å². The summed E-state index contributed by atoms with van der Waals surface area (Å²) in [7, 11) is 0. The van der Waals surface area contributed by atoms with Gasteiger partial charge in [-0.05, 0) is 54.1 Å². The molecule has 1 amide bonds. The van der Waals surface area contributed by atoms with Crippen molar-refractivity contribution in [2.24, 2.45) is 0 Å². The van der Waals surface area contributed by atoms with Crippen LogP contribution >= 0.6 is 15.9 Å². The van der Waals surface area contributed by atoms with Crippen LogP contribution in [0.2, 0.25) is 0 Å². The lowest BCUT2D eigenvalue weighted by molar-refractivity contribution is 0.102. The summed E-state index contributed by atoms with van der Waals surface area (Å²) in [5.74, 6) is -0.743. The molecule has 0 unspecified atom stereocenters. The summed E-state index contributed by atoms with van der Waals surface area (Å²) in [5.41, 5.74) is 2.76. The van der Waals surface area contributed by atoms with E-state index < -0.39 is 17.8 Å². The predicted octanol–water partition coefficient (Wildman–Crippen LogP) is 6.23. The Bertz CT molecular complexity index is 1360. The summed E-state index contributed by atoms with van der Waals surface area (Å²) in [4.78, 5) is 13.0. The monoisotopic (exact) mass is 506 g/mol. The summed E-state index contributed by atoms with van der Waals surface area (Å²) >= 11 is 3.43. The topological polar surface area (TPSA) is 59.0 Å². The zero-order valence-corrected chi connectivity index (χ0v) is 18.7. The van der Waals surface area contributed by atoms with E-state index in [-0.39, 0.29) is 11.4 Å².